The van der Waals surface area contributed by atoms with E-state index in [-0.39, 0.29) is 0 Å². The summed E-state index contributed by atoms with van der Waals surface area (Å²) in [6, 6.07) is 7.88. The number of nitrogens with one attached hydrogen (secondary N) is 1. The van der Waals surface area contributed by atoms with Gasteiger partial charge in [-0.3, -0.25) is 0 Å². The van der Waals surface area contributed by atoms with Gasteiger partial charge < -0.3 is 10.4 Å². The molecule has 1 aromatic rings. The molecule has 1 aliphatic carbocycles. The molecule has 0 aliphatic heterocycles. The first-order valence-electron chi connectivity index (χ1n) is 6.78. The maximum atomic E-state index is 9.25. The molecule has 2 heteroatoms. The van der Waals surface area contributed by atoms with Crippen molar-refractivity contribution in [1.82, 2.24) is 5.32 Å². The fraction of sp³-hybridized carbons (Fsp3) is 0.600. The third-order valence-electron chi connectivity index (χ3n) is 3.83. The Hall–Kier alpha value is -1.02. The Labute approximate surface area is 104 Å². The van der Waals surface area contributed by atoms with E-state index in [1.807, 2.05) is 12.1 Å². The Kier molecular flexibility index (Phi) is 4.43. The van der Waals surface area contributed by atoms with Crippen LogP contribution in [0.2, 0.25) is 0 Å². The summed E-state index contributed by atoms with van der Waals surface area (Å²) in [5.74, 6) is 1.21. The van der Waals surface area contributed by atoms with Gasteiger partial charge in [-0.1, -0.05) is 31.4 Å². The molecule has 1 unspecified atom stereocenters. The molecule has 1 aromatic carbocycles. The molecular formula is C15H23NO. The average Bonchev–Trinajstić information content (AvgIpc) is 2.38. The van der Waals surface area contributed by atoms with E-state index in [0.717, 1.165) is 12.5 Å². The quantitative estimate of drug-likeness (QED) is 0.832. The second kappa shape index (κ2) is 6.06. The molecule has 17 heavy (non-hydrogen) atoms. The highest BCUT2D eigenvalue weighted by Gasteiger charge is 2.14. The second-order valence-electron chi connectivity index (χ2n) is 5.23. The van der Waals surface area contributed by atoms with Gasteiger partial charge in [0, 0.05) is 6.04 Å². The van der Waals surface area contributed by atoms with Gasteiger partial charge in [0.05, 0.1) is 0 Å². The molecule has 0 bridgehead atoms. The topological polar surface area (TPSA) is 32.3 Å². The highest BCUT2D eigenvalue weighted by molar-refractivity contribution is 5.27. The van der Waals surface area contributed by atoms with Crippen LogP contribution in [0.1, 0.15) is 50.6 Å². The van der Waals surface area contributed by atoms with Crippen LogP contribution in [0.3, 0.4) is 0 Å². The summed E-state index contributed by atoms with van der Waals surface area (Å²) in [6.07, 6.45) is 6.99. The largest absolute Gasteiger partial charge is 0.508 e. The molecule has 94 valence electrons. The zero-order valence-corrected chi connectivity index (χ0v) is 10.7. The molecule has 1 saturated carbocycles. The van der Waals surface area contributed by atoms with Crippen LogP contribution in [-0.4, -0.2) is 11.7 Å². The van der Waals surface area contributed by atoms with Crippen molar-refractivity contribution in [2.24, 2.45) is 5.92 Å². The standard InChI is InChI=1S/C15H23NO/c1-12(14-7-9-15(17)10-8-14)16-11-13-5-3-2-4-6-13/h7-10,12-13,16-17H,2-6,11H2,1H3. The first-order valence-corrected chi connectivity index (χ1v) is 6.78. The minimum absolute atomic E-state index is 0.341. The Balaban J connectivity index is 1.80. The molecule has 0 radical (unpaired) electrons. The molecule has 1 aliphatic rings. The van der Waals surface area contributed by atoms with Crippen LogP contribution < -0.4 is 5.32 Å². The van der Waals surface area contributed by atoms with Crippen LogP contribution in [-0.2, 0) is 0 Å². The fourth-order valence-corrected chi connectivity index (χ4v) is 2.62. The predicted molar refractivity (Wildman–Crippen MR) is 71.1 cm³/mol. The third-order valence-corrected chi connectivity index (χ3v) is 3.83. The number of phenols is 1. The molecule has 2 nitrogen and oxygen atoms in total. The number of rotatable bonds is 4. The van der Waals surface area contributed by atoms with Gasteiger partial charge in [-0.25, -0.2) is 0 Å². The lowest BCUT2D eigenvalue weighted by atomic mass is 9.89. The van der Waals surface area contributed by atoms with Crippen molar-refractivity contribution in [3.63, 3.8) is 0 Å². The van der Waals surface area contributed by atoms with Crippen molar-refractivity contribution >= 4 is 0 Å². The van der Waals surface area contributed by atoms with E-state index < -0.39 is 0 Å². The average molecular weight is 233 g/mol. The van der Waals surface area contributed by atoms with Crippen LogP contribution in [0.4, 0.5) is 0 Å². The molecule has 1 atom stereocenters. The van der Waals surface area contributed by atoms with Crippen LogP contribution in [0.15, 0.2) is 24.3 Å². The van der Waals surface area contributed by atoms with E-state index in [2.05, 4.69) is 12.2 Å². The van der Waals surface area contributed by atoms with Crippen molar-refractivity contribution < 1.29 is 5.11 Å². The van der Waals surface area contributed by atoms with Gasteiger partial charge in [-0.2, -0.15) is 0 Å². The highest BCUT2D eigenvalue weighted by Crippen LogP contribution is 2.24. The number of hydrogen-bond donors (Lipinski definition) is 2. The van der Waals surface area contributed by atoms with Gasteiger partial charge in [-0.05, 0) is 49.9 Å². The highest BCUT2D eigenvalue weighted by atomic mass is 16.3. The zero-order valence-electron chi connectivity index (χ0n) is 10.7. The van der Waals surface area contributed by atoms with E-state index in [4.69, 9.17) is 0 Å². The van der Waals surface area contributed by atoms with Crippen molar-refractivity contribution in [1.29, 1.82) is 0 Å². The van der Waals surface area contributed by atoms with E-state index >= 15 is 0 Å². The predicted octanol–water partition coefficient (Wildman–Crippen LogP) is 3.62. The van der Waals surface area contributed by atoms with Crippen molar-refractivity contribution in [2.45, 2.75) is 45.1 Å². The Bertz CT molecular complexity index is 327. The van der Waals surface area contributed by atoms with Crippen LogP contribution in [0.25, 0.3) is 0 Å². The molecule has 0 aromatic heterocycles. The fourth-order valence-electron chi connectivity index (χ4n) is 2.62. The minimum Gasteiger partial charge on any atom is -0.508 e. The lowest BCUT2D eigenvalue weighted by Gasteiger charge is -2.24. The monoisotopic (exact) mass is 233 g/mol. The van der Waals surface area contributed by atoms with Gasteiger partial charge >= 0.3 is 0 Å². The number of benzene rings is 1. The van der Waals surface area contributed by atoms with E-state index in [1.54, 1.807) is 12.1 Å². The number of phenolic OH excluding ortho intramolecular Hbond substituents is 1. The summed E-state index contributed by atoms with van der Waals surface area (Å²) >= 11 is 0. The normalized spacial score (nSPS) is 19.1. The Morgan fingerprint density at radius 2 is 1.82 bits per heavy atom. The van der Waals surface area contributed by atoms with Gasteiger partial charge in [0.25, 0.3) is 0 Å². The first-order chi connectivity index (χ1) is 8.25. The Morgan fingerprint density at radius 3 is 2.47 bits per heavy atom. The van der Waals surface area contributed by atoms with E-state index in [0.29, 0.717) is 11.8 Å². The van der Waals surface area contributed by atoms with Crippen LogP contribution in [0, 0.1) is 5.92 Å². The third kappa shape index (κ3) is 3.74. The zero-order chi connectivity index (χ0) is 12.1. The molecule has 2 N–H and O–H groups in total. The van der Waals surface area contributed by atoms with Gasteiger partial charge in [-0.15, -0.1) is 0 Å². The smallest absolute Gasteiger partial charge is 0.115 e. The second-order valence-corrected chi connectivity index (χ2v) is 5.23. The maximum Gasteiger partial charge on any atom is 0.115 e. The summed E-state index contributed by atoms with van der Waals surface area (Å²) < 4.78 is 0. The molecule has 2 rings (SSSR count). The molecule has 0 amide bonds. The van der Waals surface area contributed by atoms with Crippen molar-refractivity contribution in [3.8, 4) is 5.75 Å². The number of hydrogen-bond acceptors (Lipinski definition) is 2. The van der Waals surface area contributed by atoms with Gasteiger partial charge in [0.2, 0.25) is 0 Å². The summed E-state index contributed by atoms with van der Waals surface area (Å²) in [5, 5.41) is 12.9. The first kappa shape index (κ1) is 12.4. The summed E-state index contributed by atoms with van der Waals surface area (Å²) in [6.45, 7) is 3.32. The summed E-state index contributed by atoms with van der Waals surface area (Å²) in [5.41, 5.74) is 1.25. The lowest BCUT2D eigenvalue weighted by molar-refractivity contribution is 0.331. The van der Waals surface area contributed by atoms with E-state index in [1.165, 1.54) is 37.7 Å². The molecular weight excluding hydrogens is 210 g/mol. The van der Waals surface area contributed by atoms with E-state index in [9.17, 15) is 5.11 Å². The molecule has 0 heterocycles. The SMILES string of the molecule is CC(NCC1CCCCC1)c1ccc(O)cc1. The molecule has 1 fully saturated rings. The minimum atomic E-state index is 0.341. The van der Waals surface area contributed by atoms with Crippen molar-refractivity contribution in [2.75, 3.05) is 6.54 Å². The van der Waals surface area contributed by atoms with Gasteiger partial charge in [0.15, 0.2) is 0 Å². The van der Waals surface area contributed by atoms with Gasteiger partial charge in [0.1, 0.15) is 5.75 Å². The molecule has 0 saturated heterocycles. The molecule has 0 spiro atoms. The lowest BCUT2D eigenvalue weighted by Crippen LogP contribution is -2.27. The Morgan fingerprint density at radius 1 is 1.18 bits per heavy atom. The van der Waals surface area contributed by atoms with Crippen LogP contribution in [0.5, 0.6) is 5.75 Å². The number of aromatic hydroxyl groups is 1. The van der Waals surface area contributed by atoms with Crippen molar-refractivity contribution in [3.05, 3.63) is 29.8 Å². The van der Waals surface area contributed by atoms with Crippen LogP contribution >= 0.6 is 0 Å². The summed E-state index contributed by atoms with van der Waals surface area (Å²) in [7, 11) is 0. The summed E-state index contributed by atoms with van der Waals surface area (Å²) in [4.78, 5) is 0. The maximum absolute atomic E-state index is 9.25.